The normalized spacial score (nSPS) is 13.9. The Kier molecular flexibility index (Phi) is 6.57. The van der Waals surface area contributed by atoms with Gasteiger partial charge >= 0.3 is 12.1 Å². The Hall–Kier alpha value is -4.18. The highest BCUT2D eigenvalue weighted by molar-refractivity contribution is 6.03. The van der Waals surface area contributed by atoms with Gasteiger partial charge in [-0.2, -0.15) is 5.10 Å². The van der Waals surface area contributed by atoms with Crippen molar-refractivity contribution in [3.8, 4) is 11.1 Å². The number of nitrogens with zero attached hydrogens (tertiary/aromatic N) is 2. The molecule has 3 aromatic rings. The molecule has 4 rings (SSSR count). The van der Waals surface area contributed by atoms with Crippen molar-refractivity contribution in [1.82, 2.24) is 15.1 Å². The molecule has 10 heteroatoms. The highest BCUT2D eigenvalue weighted by Gasteiger charge is 2.36. The minimum atomic E-state index is -1.66. The predicted molar refractivity (Wildman–Crippen MR) is 127 cm³/mol. The van der Waals surface area contributed by atoms with Crippen molar-refractivity contribution in [2.45, 2.75) is 18.4 Å². The highest BCUT2D eigenvalue weighted by atomic mass is 16.5. The van der Waals surface area contributed by atoms with Crippen LogP contribution in [0.15, 0.2) is 54.7 Å². The Labute approximate surface area is 201 Å². The average molecular weight is 479 g/mol. The third-order valence-corrected chi connectivity index (χ3v) is 5.93. The van der Waals surface area contributed by atoms with E-state index in [1.54, 1.807) is 7.05 Å². The van der Waals surface area contributed by atoms with Gasteiger partial charge in [0.1, 0.15) is 12.2 Å². The number of aryl methyl sites for hydroxylation is 1. The van der Waals surface area contributed by atoms with Crippen molar-refractivity contribution in [3.63, 3.8) is 0 Å². The first-order valence-electron chi connectivity index (χ1n) is 10.9. The second kappa shape index (κ2) is 9.59. The van der Waals surface area contributed by atoms with Crippen LogP contribution in [0.3, 0.4) is 0 Å². The summed E-state index contributed by atoms with van der Waals surface area (Å²) in [6.45, 7) is 1.17. The number of carboxylic acids is 1. The van der Waals surface area contributed by atoms with Gasteiger partial charge < -0.3 is 19.9 Å². The summed E-state index contributed by atoms with van der Waals surface area (Å²) in [5, 5.41) is 18.5. The van der Waals surface area contributed by atoms with Crippen molar-refractivity contribution >= 4 is 23.8 Å². The van der Waals surface area contributed by atoms with E-state index >= 15 is 0 Å². The van der Waals surface area contributed by atoms with Crippen LogP contribution >= 0.6 is 0 Å². The average Bonchev–Trinajstić information content (AvgIpc) is 3.35. The smallest absolute Gasteiger partial charge is 0.412 e. The van der Waals surface area contributed by atoms with Crippen LogP contribution in [0, 0.1) is 0 Å². The molecule has 0 spiro atoms. The summed E-state index contributed by atoms with van der Waals surface area (Å²) in [5.74, 6) is -2.16. The van der Waals surface area contributed by atoms with Gasteiger partial charge in [0.15, 0.2) is 11.4 Å². The fraction of sp³-hybridized carbons (Fsp3) is 0.280. The second-order valence-corrected chi connectivity index (χ2v) is 8.54. The number of carbonyl (C=O) groups excluding carboxylic acids is 2. The minimum absolute atomic E-state index is 0.00964. The Balaban J connectivity index is 1.46. The Morgan fingerprint density at radius 1 is 1.09 bits per heavy atom. The van der Waals surface area contributed by atoms with Gasteiger partial charge in [-0.15, -0.1) is 0 Å². The van der Waals surface area contributed by atoms with Crippen LogP contribution in [0.5, 0.6) is 0 Å². The van der Waals surface area contributed by atoms with Gasteiger partial charge in [-0.1, -0.05) is 48.5 Å². The van der Waals surface area contributed by atoms with Crippen LogP contribution in [-0.2, 0) is 21.3 Å². The summed E-state index contributed by atoms with van der Waals surface area (Å²) >= 11 is 0. The number of amides is 2. The topological polar surface area (TPSA) is 132 Å². The van der Waals surface area contributed by atoms with Crippen molar-refractivity contribution in [1.29, 1.82) is 0 Å². The number of carbonyl (C=O) groups is 3. The number of methoxy groups -OCH3 is 1. The van der Waals surface area contributed by atoms with Gasteiger partial charge in [-0.3, -0.25) is 14.8 Å². The van der Waals surface area contributed by atoms with Gasteiger partial charge in [0, 0.05) is 26.3 Å². The fourth-order valence-electron chi connectivity index (χ4n) is 4.24. The van der Waals surface area contributed by atoms with Gasteiger partial charge in [0.2, 0.25) is 0 Å². The van der Waals surface area contributed by atoms with Crippen molar-refractivity contribution in [3.05, 3.63) is 71.4 Å². The predicted octanol–water partition coefficient (Wildman–Crippen LogP) is 3.00. The Morgan fingerprint density at radius 3 is 2.26 bits per heavy atom. The van der Waals surface area contributed by atoms with E-state index in [4.69, 9.17) is 9.47 Å². The van der Waals surface area contributed by atoms with E-state index in [0.29, 0.717) is 0 Å². The number of aliphatic carboxylic acids is 1. The van der Waals surface area contributed by atoms with Crippen molar-refractivity contribution in [2.24, 2.45) is 7.05 Å². The summed E-state index contributed by atoms with van der Waals surface area (Å²) in [6.07, 6.45) is 0.598. The zero-order valence-corrected chi connectivity index (χ0v) is 19.6. The number of fused-ring (bicyclic) bond motifs is 3. The van der Waals surface area contributed by atoms with E-state index in [1.807, 2.05) is 48.5 Å². The zero-order chi connectivity index (χ0) is 25.2. The molecule has 1 unspecified atom stereocenters. The van der Waals surface area contributed by atoms with Gasteiger partial charge in [0.05, 0.1) is 6.61 Å². The molecule has 0 fully saturated rings. The summed E-state index contributed by atoms with van der Waals surface area (Å²) in [4.78, 5) is 37.1. The number of anilines is 1. The van der Waals surface area contributed by atoms with E-state index < -0.39 is 23.5 Å². The maximum absolute atomic E-state index is 12.8. The molecular weight excluding hydrogens is 452 g/mol. The maximum Gasteiger partial charge on any atom is 0.412 e. The summed E-state index contributed by atoms with van der Waals surface area (Å²) in [7, 11) is 2.91. The molecule has 0 radical (unpaired) electrons. The first-order valence-corrected chi connectivity index (χ1v) is 10.9. The molecule has 1 heterocycles. The molecule has 35 heavy (non-hydrogen) atoms. The van der Waals surface area contributed by atoms with Gasteiger partial charge in [-0.05, 0) is 29.2 Å². The third kappa shape index (κ3) is 4.73. The van der Waals surface area contributed by atoms with Crippen LogP contribution in [0.25, 0.3) is 11.1 Å². The number of benzene rings is 2. The molecule has 2 amide bonds. The summed E-state index contributed by atoms with van der Waals surface area (Å²) in [5.41, 5.74) is 2.69. The van der Waals surface area contributed by atoms with Crippen LogP contribution in [0.4, 0.5) is 10.6 Å². The molecule has 0 bridgehead atoms. The van der Waals surface area contributed by atoms with Crippen LogP contribution in [0.1, 0.15) is 34.3 Å². The molecule has 0 saturated heterocycles. The molecular formula is C25H26N4O6. The van der Waals surface area contributed by atoms with Crippen LogP contribution in [0.2, 0.25) is 0 Å². The largest absolute Gasteiger partial charge is 0.479 e. The number of nitrogens with one attached hydrogen (secondary N) is 2. The van der Waals surface area contributed by atoms with Crippen LogP contribution < -0.4 is 10.6 Å². The number of ether oxygens (including phenoxy) is 2. The minimum Gasteiger partial charge on any atom is -0.479 e. The number of carboxylic acid groups (broad SMARTS) is 1. The molecule has 0 saturated carbocycles. The SMILES string of the molecule is COCC(C)(NC(=O)c1cn(C)nc1NC(=O)OCC1c2ccccc2-c2ccccc21)C(=O)O. The quantitative estimate of drug-likeness (QED) is 0.453. The van der Waals surface area contributed by atoms with E-state index in [-0.39, 0.29) is 30.5 Å². The molecule has 1 aliphatic rings. The van der Waals surface area contributed by atoms with Crippen molar-refractivity contribution in [2.75, 3.05) is 25.6 Å². The van der Waals surface area contributed by atoms with E-state index in [9.17, 15) is 19.5 Å². The first-order chi connectivity index (χ1) is 16.7. The van der Waals surface area contributed by atoms with Gasteiger partial charge in [0.25, 0.3) is 5.91 Å². The monoisotopic (exact) mass is 478 g/mol. The molecule has 2 aromatic carbocycles. The zero-order valence-electron chi connectivity index (χ0n) is 19.6. The van der Waals surface area contributed by atoms with E-state index in [0.717, 1.165) is 22.3 Å². The van der Waals surface area contributed by atoms with Crippen molar-refractivity contribution < 1.29 is 29.0 Å². The fourth-order valence-corrected chi connectivity index (χ4v) is 4.24. The molecule has 1 aromatic heterocycles. The molecule has 1 atom stereocenters. The summed E-state index contributed by atoms with van der Waals surface area (Å²) in [6, 6.07) is 16.0. The Morgan fingerprint density at radius 2 is 1.69 bits per heavy atom. The number of hydrogen-bond donors (Lipinski definition) is 3. The first kappa shape index (κ1) is 24.0. The Bertz CT molecular complexity index is 1240. The summed E-state index contributed by atoms with van der Waals surface area (Å²) < 4.78 is 11.8. The molecule has 182 valence electrons. The third-order valence-electron chi connectivity index (χ3n) is 5.93. The lowest BCUT2D eigenvalue weighted by Gasteiger charge is -2.25. The lowest BCUT2D eigenvalue weighted by atomic mass is 9.98. The number of rotatable bonds is 8. The second-order valence-electron chi connectivity index (χ2n) is 8.54. The molecule has 10 nitrogen and oxygen atoms in total. The molecule has 3 N–H and O–H groups in total. The lowest BCUT2D eigenvalue weighted by Crippen LogP contribution is -2.55. The van der Waals surface area contributed by atoms with E-state index in [2.05, 4.69) is 15.7 Å². The maximum atomic E-state index is 12.8. The molecule has 1 aliphatic carbocycles. The standard InChI is InChI=1S/C25H26N4O6/c1-25(14-34-3,23(31)32)27-22(30)19-12-29(2)28-21(19)26-24(33)35-13-20-17-10-6-4-8-15(17)16-9-5-7-11-18(16)20/h4-12,20H,13-14H2,1-3H3,(H,27,30)(H,31,32)(H,26,28,33). The molecule has 0 aliphatic heterocycles. The highest BCUT2D eigenvalue weighted by Crippen LogP contribution is 2.44. The lowest BCUT2D eigenvalue weighted by molar-refractivity contribution is -0.145. The number of aromatic nitrogens is 2. The van der Waals surface area contributed by atoms with E-state index in [1.165, 1.54) is 24.9 Å². The number of hydrogen-bond acceptors (Lipinski definition) is 6. The van der Waals surface area contributed by atoms with Crippen LogP contribution in [-0.4, -0.2) is 58.7 Å². The van der Waals surface area contributed by atoms with Gasteiger partial charge in [-0.25, -0.2) is 9.59 Å².